The Morgan fingerprint density at radius 1 is 1.18 bits per heavy atom. The van der Waals surface area contributed by atoms with Gasteiger partial charge in [0.2, 0.25) is 0 Å². The van der Waals surface area contributed by atoms with Crippen molar-refractivity contribution in [2.45, 2.75) is 0 Å². The van der Waals surface area contributed by atoms with Crippen molar-refractivity contribution in [3.05, 3.63) is 71.7 Å². The zero-order valence-electron chi connectivity index (χ0n) is 12.0. The molecule has 0 saturated carbocycles. The normalized spacial score (nSPS) is 11.2. The molecule has 0 fully saturated rings. The second-order valence-electron chi connectivity index (χ2n) is 4.92. The monoisotopic (exact) mass is 295 g/mol. The molecule has 1 heterocycles. The summed E-state index contributed by atoms with van der Waals surface area (Å²) in [6.07, 6.45) is 3.25. The minimum absolute atomic E-state index is 0.282. The summed E-state index contributed by atoms with van der Waals surface area (Å²) in [5.74, 6) is -0.591. The molecule has 1 N–H and O–H groups in total. The van der Waals surface area contributed by atoms with Crippen molar-refractivity contribution in [2.75, 3.05) is 0 Å². The van der Waals surface area contributed by atoms with Crippen LogP contribution in [0.3, 0.4) is 0 Å². The maximum absolute atomic E-state index is 12.8. The number of benzene rings is 2. The quantitative estimate of drug-likeness (QED) is 0.586. The molecule has 0 aliphatic carbocycles. The smallest absolute Gasteiger partial charge is 0.273 e. The third kappa shape index (κ3) is 2.74. The van der Waals surface area contributed by atoms with Gasteiger partial charge in [0, 0.05) is 24.1 Å². The van der Waals surface area contributed by atoms with E-state index in [-0.39, 0.29) is 11.7 Å². The molecule has 1 aromatic heterocycles. The molecule has 0 saturated heterocycles. The second-order valence-corrected chi connectivity index (χ2v) is 4.92. The first kappa shape index (κ1) is 14.0. The lowest BCUT2D eigenvalue weighted by molar-refractivity contribution is 0.0956. The summed E-state index contributed by atoms with van der Waals surface area (Å²) in [6.45, 7) is 0. The van der Waals surface area contributed by atoms with E-state index in [0.29, 0.717) is 11.1 Å². The highest BCUT2D eigenvalue weighted by atomic mass is 19.1. The number of fused-ring (bicyclic) bond motifs is 1. The summed E-state index contributed by atoms with van der Waals surface area (Å²) >= 11 is 0. The van der Waals surface area contributed by atoms with Crippen molar-refractivity contribution in [1.29, 1.82) is 0 Å². The molecule has 0 aliphatic heterocycles. The number of para-hydroxylation sites is 1. The van der Waals surface area contributed by atoms with Crippen molar-refractivity contribution in [1.82, 2.24) is 9.99 Å². The fraction of sp³-hybridized carbons (Fsp3) is 0.0588. The number of halogens is 1. The third-order valence-electron chi connectivity index (χ3n) is 3.39. The van der Waals surface area contributed by atoms with Gasteiger partial charge in [0.25, 0.3) is 5.91 Å². The van der Waals surface area contributed by atoms with Crippen molar-refractivity contribution in [3.63, 3.8) is 0 Å². The zero-order chi connectivity index (χ0) is 15.5. The Balaban J connectivity index is 1.78. The predicted octanol–water partition coefficient (Wildman–Crippen LogP) is 3.08. The van der Waals surface area contributed by atoms with E-state index < -0.39 is 0 Å². The minimum Gasteiger partial charge on any atom is -0.350 e. The molecule has 22 heavy (non-hydrogen) atoms. The first-order valence-electron chi connectivity index (χ1n) is 6.78. The molecule has 0 aliphatic rings. The number of nitrogens with zero attached hydrogens (tertiary/aromatic N) is 2. The molecule has 0 atom stereocenters. The lowest BCUT2D eigenvalue weighted by Crippen LogP contribution is -2.17. The molecule has 0 unspecified atom stereocenters. The average Bonchev–Trinajstić information content (AvgIpc) is 2.87. The number of nitrogens with one attached hydrogen (secondary N) is 1. The standard InChI is InChI=1S/C17H14FN3O/c1-21-11-15(14-4-2-3-5-16(14)21)17(22)20-19-10-12-6-8-13(18)9-7-12/h2-11H,1H3,(H,20,22). The van der Waals surface area contributed by atoms with Gasteiger partial charge in [-0.3, -0.25) is 4.79 Å². The summed E-state index contributed by atoms with van der Waals surface area (Å²) < 4.78 is 14.7. The summed E-state index contributed by atoms with van der Waals surface area (Å²) in [5, 5.41) is 4.78. The number of amides is 1. The molecule has 4 nitrogen and oxygen atoms in total. The van der Waals surface area contributed by atoms with Gasteiger partial charge in [0.05, 0.1) is 11.8 Å². The highest BCUT2D eigenvalue weighted by Gasteiger charge is 2.12. The van der Waals surface area contributed by atoms with Crippen LogP contribution in [0, 0.1) is 5.82 Å². The Bertz CT molecular complexity index is 850. The van der Waals surface area contributed by atoms with E-state index in [4.69, 9.17) is 0 Å². The van der Waals surface area contributed by atoms with Crippen molar-refractivity contribution < 1.29 is 9.18 Å². The summed E-state index contributed by atoms with van der Waals surface area (Å²) in [7, 11) is 1.89. The number of carbonyl (C=O) groups is 1. The first-order chi connectivity index (χ1) is 10.6. The average molecular weight is 295 g/mol. The lowest BCUT2D eigenvalue weighted by Gasteiger charge is -1.98. The number of hydrogen-bond acceptors (Lipinski definition) is 2. The van der Waals surface area contributed by atoms with Crippen LogP contribution in [0.15, 0.2) is 59.8 Å². The number of aryl methyl sites for hydroxylation is 1. The molecule has 3 aromatic rings. The van der Waals surface area contributed by atoms with E-state index in [0.717, 1.165) is 10.9 Å². The highest BCUT2D eigenvalue weighted by molar-refractivity contribution is 6.07. The van der Waals surface area contributed by atoms with Gasteiger partial charge in [0.1, 0.15) is 5.82 Å². The summed E-state index contributed by atoms with van der Waals surface area (Å²) in [5.41, 5.74) is 4.74. The highest BCUT2D eigenvalue weighted by Crippen LogP contribution is 2.19. The van der Waals surface area contributed by atoms with Crippen LogP contribution >= 0.6 is 0 Å². The topological polar surface area (TPSA) is 46.4 Å². The Hall–Kier alpha value is -2.95. The minimum atomic E-state index is -0.308. The molecule has 0 spiro atoms. The molecule has 0 radical (unpaired) electrons. The molecule has 0 bridgehead atoms. The molecule has 3 rings (SSSR count). The fourth-order valence-corrected chi connectivity index (χ4v) is 2.30. The fourth-order valence-electron chi connectivity index (χ4n) is 2.30. The van der Waals surface area contributed by atoms with Gasteiger partial charge in [-0.1, -0.05) is 30.3 Å². The SMILES string of the molecule is Cn1cc(C(=O)NN=Cc2ccc(F)cc2)c2ccccc21. The number of hydrogen-bond donors (Lipinski definition) is 1. The Morgan fingerprint density at radius 2 is 1.91 bits per heavy atom. The van der Waals surface area contributed by atoms with E-state index in [1.807, 2.05) is 35.9 Å². The van der Waals surface area contributed by atoms with Crippen LogP contribution in [-0.4, -0.2) is 16.7 Å². The van der Waals surface area contributed by atoms with Crippen LogP contribution in [0.25, 0.3) is 10.9 Å². The molecule has 2 aromatic carbocycles. The van der Waals surface area contributed by atoms with Crippen LogP contribution in [0.2, 0.25) is 0 Å². The molecule has 110 valence electrons. The van der Waals surface area contributed by atoms with E-state index in [1.165, 1.54) is 18.3 Å². The molecular weight excluding hydrogens is 281 g/mol. The van der Waals surface area contributed by atoms with Crippen LogP contribution < -0.4 is 5.43 Å². The largest absolute Gasteiger partial charge is 0.350 e. The maximum atomic E-state index is 12.8. The van der Waals surface area contributed by atoms with Gasteiger partial charge in [-0.2, -0.15) is 5.10 Å². The zero-order valence-corrected chi connectivity index (χ0v) is 12.0. The Kier molecular flexibility index (Phi) is 3.70. The van der Waals surface area contributed by atoms with E-state index in [9.17, 15) is 9.18 Å². The van der Waals surface area contributed by atoms with Crippen molar-refractivity contribution in [3.8, 4) is 0 Å². The van der Waals surface area contributed by atoms with Crippen LogP contribution in [0.1, 0.15) is 15.9 Å². The van der Waals surface area contributed by atoms with Crippen molar-refractivity contribution >= 4 is 23.0 Å². The molecular formula is C17H14FN3O. The third-order valence-corrected chi connectivity index (χ3v) is 3.39. The predicted molar refractivity (Wildman–Crippen MR) is 84.4 cm³/mol. The lowest BCUT2D eigenvalue weighted by atomic mass is 10.2. The summed E-state index contributed by atoms with van der Waals surface area (Å²) in [6, 6.07) is 13.5. The Labute approximate surface area is 126 Å². The van der Waals surface area contributed by atoms with Crippen LogP contribution in [0.4, 0.5) is 4.39 Å². The second kappa shape index (κ2) is 5.81. The summed E-state index contributed by atoms with van der Waals surface area (Å²) in [4.78, 5) is 12.2. The van der Waals surface area contributed by atoms with Gasteiger partial charge in [-0.15, -0.1) is 0 Å². The van der Waals surface area contributed by atoms with Gasteiger partial charge >= 0.3 is 0 Å². The van der Waals surface area contributed by atoms with Crippen LogP contribution in [0.5, 0.6) is 0 Å². The molecule has 5 heteroatoms. The van der Waals surface area contributed by atoms with Gasteiger partial charge in [-0.05, 0) is 23.8 Å². The van der Waals surface area contributed by atoms with Crippen LogP contribution in [-0.2, 0) is 7.05 Å². The number of hydrazone groups is 1. The maximum Gasteiger partial charge on any atom is 0.273 e. The van der Waals surface area contributed by atoms with E-state index in [2.05, 4.69) is 10.5 Å². The van der Waals surface area contributed by atoms with Gasteiger partial charge in [0.15, 0.2) is 0 Å². The Morgan fingerprint density at radius 3 is 2.68 bits per heavy atom. The van der Waals surface area contributed by atoms with Gasteiger partial charge < -0.3 is 4.57 Å². The van der Waals surface area contributed by atoms with Gasteiger partial charge in [-0.25, -0.2) is 9.82 Å². The van der Waals surface area contributed by atoms with E-state index in [1.54, 1.807) is 18.3 Å². The van der Waals surface area contributed by atoms with Crippen molar-refractivity contribution in [2.24, 2.45) is 12.1 Å². The molecule has 1 amide bonds. The number of aromatic nitrogens is 1. The number of carbonyl (C=O) groups excluding carboxylic acids is 1. The van der Waals surface area contributed by atoms with E-state index >= 15 is 0 Å². The first-order valence-corrected chi connectivity index (χ1v) is 6.78. The number of rotatable bonds is 3.